The van der Waals surface area contributed by atoms with Crippen LogP contribution in [0.4, 0.5) is 0 Å². The maximum atomic E-state index is 9.35. The molecule has 2 fully saturated rings. The molecule has 1 saturated heterocycles. The van der Waals surface area contributed by atoms with Gasteiger partial charge in [-0.2, -0.15) is 5.26 Å². The summed E-state index contributed by atoms with van der Waals surface area (Å²) in [7, 11) is 0. The van der Waals surface area contributed by atoms with Crippen LogP contribution in [0.5, 0.6) is 0 Å². The largest absolute Gasteiger partial charge is 0.283 e. The zero-order valence-corrected chi connectivity index (χ0v) is 15.0. The van der Waals surface area contributed by atoms with Crippen molar-refractivity contribution in [2.75, 3.05) is 6.54 Å². The molecule has 0 spiro atoms. The number of nitrogens with zero attached hydrogens (tertiary/aromatic N) is 2. The molecule has 0 bridgehead atoms. The Hall–Kier alpha value is -1.77. The van der Waals surface area contributed by atoms with E-state index >= 15 is 0 Å². The molecular formula is C22H28N2. The van der Waals surface area contributed by atoms with Crippen molar-refractivity contribution in [2.45, 2.75) is 58.0 Å². The topological polar surface area (TPSA) is 27.0 Å². The van der Waals surface area contributed by atoms with Crippen LogP contribution in [0.15, 0.2) is 30.3 Å². The van der Waals surface area contributed by atoms with Crippen LogP contribution in [-0.4, -0.2) is 17.0 Å². The normalized spacial score (nSPS) is 36.3. The monoisotopic (exact) mass is 320 g/mol. The van der Waals surface area contributed by atoms with E-state index in [0.29, 0.717) is 18.3 Å². The first kappa shape index (κ1) is 17.1. The molecule has 0 N–H and O–H groups in total. The van der Waals surface area contributed by atoms with E-state index in [9.17, 15) is 5.26 Å². The summed E-state index contributed by atoms with van der Waals surface area (Å²) >= 11 is 0. The zero-order valence-electron chi connectivity index (χ0n) is 15.0. The molecule has 1 aliphatic heterocycles. The first-order valence-electron chi connectivity index (χ1n) is 9.19. The van der Waals surface area contributed by atoms with Crippen molar-refractivity contribution in [2.24, 2.45) is 17.3 Å². The maximum absolute atomic E-state index is 9.35. The molecule has 0 radical (unpaired) electrons. The Labute approximate surface area is 146 Å². The van der Waals surface area contributed by atoms with E-state index in [2.05, 4.69) is 61.1 Å². The highest BCUT2D eigenvalue weighted by Gasteiger charge is 2.59. The van der Waals surface area contributed by atoms with Crippen molar-refractivity contribution < 1.29 is 0 Å². The second kappa shape index (κ2) is 6.62. The lowest BCUT2D eigenvalue weighted by atomic mass is 9.50. The zero-order chi connectivity index (χ0) is 17.2. The maximum Gasteiger partial charge on any atom is 0.0885 e. The molecular weight excluding hydrogens is 292 g/mol. The van der Waals surface area contributed by atoms with Crippen molar-refractivity contribution in [3.8, 4) is 18.4 Å². The van der Waals surface area contributed by atoms with E-state index in [1.54, 1.807) is 0 Å². The van der Waals surface area contributed by atoms with Crippen LogP contribution < -0.4 is 0 Å². The van der Waals surface area contributed by atoms with Crippen LogP contribution in [0, 0.1) is 40.9 Å². The summed E-state index contributed by atoms with van der Waals surface area (Å²) in [5.41, 5.74) is 1.14. The van der Waals surface area contributed by atoms with Crippen LogP contribution in [0.25, 0.3) is 0 Å². The van der Waals surface area contributed by atoms with Gasteiger partial charge in [-0.15, -0.1) is 6.42 Å². The molecule has 2 nitrogen and oxygen atoms in total. The molecule has 0 unspecified atom stereocenters. The van der Waals surface area contributed by atoms with E-state index in [1.165, 1.54) is 12.0 Å². The molecule has 1 aliphatic carbocycles. The minimum absolute atomic E-state index is 0.0387. The predicted molar refractivity (Wildman–Crippen MR) is 97.9 cm³/mol. The number of piperidine rings is 1. The molecule has 4 atom stereocenters. The van der Waals surface area contributed by atoms with Crippen molar-refractivity contribution in [3.05, 3.63) is 35.9 Å². The Morgan fingerprint density at radius 3 is 2.75 bits per heavy atom. The second-order valence-corrected chi connectivity index (χ2v) is 8.04. The molecule has 0 aromatic heterocycles. The third-order valence-electron chi connectivity index (χ3n) is 6.63. The molecule has 3 rings (SSSR count). The smallest absolute Gasteiger partial charge is 0.0885 e. The van der Waals surface area contributed by atoms with Gasteiger partial charge in [0.25, 0.3) is 0 Å². The van der Waals surface area contributed by atoms with E-state index < -0.39 is 0 Å². The quantitative estimate of drug-likeness (QED) is 0.760. The van der Waals surface area contributed by atoms with Crippen molar-refractivity contribution in [3.63, 3.8) is 0 Å². The standard InChI is InChI=1S/C22H28N2/c1-4-22-16-18(2)15-20(11-13-23)21(22,3)12-8-14-24(22)17-19-9-6-5-7-10-19/h1,5-7,9-10,18,20H,8,11-12,14-17H2,2-3H3/t18-,20-,21-,22-/m1/s1. The first-order chi connectivity index (χ1) is 11.6. The van der Waals surface area contributed by atoms with Crippen LogP contribution in [0.3, 0.4) is 0 Å². The molecule has 24 heavy (non-hydrogen) atoms. The van der Waals surface area contributed by atoms with Gasteiger partial charge in [-0.25, -0.2) is 0 Å². The van der Waals surface area contributed by atoms with Crippen LogP contribution in [-0.2, 0) is 6.54 Å². The van der Waals surface area contributed by atoms with Gasteiger partial charge in [0, 0.05) is 18.4 Å². The lowest BCUT2D eigenvalue weighted by Crippen LogP contribution is -2.66. The number of rotatable bonds is 3. The first-order valence-corrected chi connectivity index (χ1v) is 9.19. The number of hydrogen-bond donors (Lipinski definition) is 0. The molecule has 1 aromatic carbocycles. The lowest BCUT2D eigenvalue weighted by molar-refractivity contribution is -0.108. The third kappa shape index (κ3) is 2.64. The van der Waals surface area contributed by atoms with Gasteiger partial charge in [-0.3, -0.25) is 4.90 Å². The highest BCUT2D eigenvalue weighted by atomic mass is 15.2. The number of benzene rings is 1. The molecule has 0 amide bonds. The highest BCUT2D eigenvalue weighted by molar-refractivity contribution is 5.27. The van der Waals surface area contributed by atoms with E-state index in [4.69, 9.17) is 6.42 Å². The Bertz CT molecular complexity index is 653. The van der Waals surface area contributed by atoms with E-state index in [0.717, 1.165) is 32.4 Å². The Morgan fingerprint density at radius 2 is 2.08 bits per heavy atom. The summed E-state index contributed by atoms with van der Waals surface area (Å²) in [5, 5.41) is 9.35. The predicted octanol–water partition coefficient (Wildman–Crippen LogP) is 4.62. The van der Waals surface area contributed by atoms with Crippen LogP contribution >= 0.6 is 0 Å². The average Bonchev–Trinajstić information content (AvgIpc) is 2.58. The molecule has 1 heterocycles. The number of hydrogen-bond acceptors (Lipinski definition) is 2. The number of fused-ring (bicyclic) bond motifs is 1. The lowest BCUT2D eigenvalue weighted by Gasteiger charge is -2.62. The molecule has 2 heteroatoms. The average molecular weight is 320 g/mol. The minimum atomic E-state index is -0.222. The van der Waals surface area contributed by atoms with Crippen molar-refractivity contribution >= 4 is 0 Å². The van der Waals surface area contributed by atoms with Crippen molar-refractivity contribution in [1.82, 2.24) is 4.90 Å². The third-order valence-corrected chi connectivity index (χ3v) is 6.63. The SMILES string of the molecule is C#C[C@@]12C[C@H](C)C[C@@H](CC#N)[C@@]1(C)CCCN2Cc1ccccc1. The Kier molecular flexibility index (Phi) is 4.71. The highest BCUT2D eigenvalue weighted by Crippen LogP contribution is 2.58. The van der Waals surface area contributed by atoms with Crippen molar-refractivity contribution in [1.29, 1.82) is 5.26 Å². The number of likely N-dealkylation sites (tertiary alicyclic amines) is 1. The fourth-order valence-electron chi connectivity index (χ4n) is 5.39. The van der Waals surface area contributed by atoms with Gasteiger partial charge in [0.1, 0.15) is 0 Å². The Morgan fingerprint density at radius 1 is 1.33 bits per heavy atom. The summed E-state index contributed by atoms with van der Waals surface area (Å²) in [6, 6.07) is 13.1. The van der Waals surface area contributed by atoms with E-state index in [-0.39, 0.29) is 11.0 Å². The molecule has 1 saturated carbocycles. The summed E-state index contributed by atoms with van der Waals surface area (Å²) in [4.78, 5) is 2.55. The molecule has 2 aliphatic rings. The summed E-state index contributed by atoms with van der Waals surface area (Å²) in [6.45, 7) is 6.63. The van der Waals surface area contributed by atoms with Gasteiger partial charge in [0.05, 0.1) is 11.6 Å². The summed E-state index contributed by atoms with van der Waals surface area (Å²) in [6.07, 6.45) is 11.3. The van der Waals surface area contributed by atoms with Gasteiger partial charge in [0.15, 0.2) is 0 Å². The molecule has 126 valence electrons. The van der Waals surface area contributed by atoms with Gasteiger partial charge >= 0.3 is 0 Å². The number of terminal acetylenes is 1. The fraction of sp³-hybridized carbons (Fsp3) is 0.591. The Balaban J connectivity index is 1.99. The summed E-state index contributed by atoms with van der Waals surface area (Å²) < 4.78 is 0. The molecule has 1 aromatic rings. The van der Waals surface area contributed by atoms with Crippen LogP contribution in [0.2, 0.25) is 0 Å². The fourth-order valence-corrected chi connectivity index (χ4v) is 5.39. The summed E-state index contributed by atoms with van der Waals surface area (Å²) in [5.74, 6) is 4.24. The van der Waals surface area contributed by atoms with Gasteiger partial charge in [-0.05, 0) is 49.6 Å². The minimum Gasteiger partial charge on any atom is -0.283 e. The number of nitriles is 1. The second-order valence-electron chi connectivity index (χ2n) is 8.04. The van der Waals surface area contributed by atoms with Crippen LogP contribution in [0.1, 0.15) is 51.5 Å². The van der Waals surface area contributed by atoms with Gasteiger partial charge in [0.2, 0.25) is 0 Å². The van der Waals surface area contributed by atoms with Gasteiger partial charge in [-0.1, -0.05) is 50.1 Å². The van der Waals surface area contributed by atoms with Gasteiger partial charge < -0.3 is 0 Å². The van der Waals surface area contributed by atoms with E-state index in [1.807, 2.05) is 0 Å².